The maximum absolute atomic E-state index is 13.1. The molecular weight excluding hydrogens is 424 g/mol. The fourth-order valence-electron chi connectivity index (χ4n) is 4.05. The summed E-state index contributed by atoms with van der Waals surface area (Å²) in [6, 6.07) is 17.1. The molecule has 2 aliphatic heterocycles. The second kappa shape index (κ2) is 7.52. The van der Waals surface area contributed by atoms with E-state index in [4.69, 9.17) is 11.6 Å². The van der Waals surface area contributed by atoms with Crippen molar-refractivity contribution in [3.8, 4) is 11.1 Å². The average molecular weight is 445 g/mol. The van der Waals surface area contributed by atoms with Crippen LogP contribution in [0.3, 0.4) is 0 Å². The van der Waals surface area contributed by atoms with Crippen LogP contribution in [0.25, 0.3) is 11.1 Å². The minimum Gasteiger partial charge on any atom is -0.293 e. The van der Waals surface area contributed by atoms with Crippen molar-refractivity contribution in [2.24, 2.45) is 0 Å². The molecule has 5 rings (SSSR count). The molecule has 0 saturated carbocycles. The van der Waals surface area contributed by atoms with Crippen molar-refractivity contribution in [1.29, 1.82) is 0 Å². The van der Waals surface area contributed by atoms with Gasteiger partial charge in [-0.15, -0.1) is 11.3 Å². The molecule has 1 saturated heterocycles. The molecule has 0 amide bonds. The first-order valence-electron chi connectivity index (χ1n) is 9.66. The van der Waals surface area contributed by atoms with Gasteiger partial charge in [-0.25, -0.2) is 8.42 Å². The summed E-state index contributed by atoms with van der Waals surface area (Å²) in [4.78, 5) is 4.25. The minimum atomic E-state index is -3.48. The Bertz CT molecular complexity index is 1140. The van der Waals surface area contributed by atoms with Gasteiger partial charge in [0.15, 0.2) is 0 Å². The SMILES string of the molecule is O=S(=O)(c1cccc(-c2ccc(Cl)cc2)c1)N1CC(N2CCc3sccc3C2)C1. The summed E-state index contributed by atoms with van der Waals surface area (Å²) >= 11 is 7.79. The maximum Gasteiger partial charge on any atom is 0.243 e. The predicted molar refractivity (Wildman–Crippen MR) is 118 cm³/mol. The molecule has 3 aromatic rings. The zero-order chi connectivity index (χ0) is 20.0. The Morgan fingerprint density at radius 1 is 1.00 bits per heavy atom. The normalized spacial score (nSPS) is 18.4. The largest absolute Gasteiger partial charge is 0.293 e. The van der Waals surface area contributed by atoms with Gasteiger partial charge in [0.25, 0.3) is 0 Å². The minimum absolute atomic E-state index is 0.303. The summed E-state index contributed by atoms with van der Waals surface area (Å²) in [5.41, 5.74) is 3.23. The lowest BCUT2D eigenvalue weighted by molar-refractivity contribution is 0.0775. The van der Waals surface area contributed by atoms with Crippen molar-refractivity contribution in [1.82, 2.24) is 9.21 Å². The van der Waals surface area contributed by atoms with Gasteiger partial charge in [0.2, 0.25) is 10.0 Å². The Hall–Kier alpha value is -1.70. The zero-order valence-electron chi connectivity index (χ0n) is 15.8. The van der Waals surface area contributed by atoms with Crippen LogP contribution in [-0.4, -0.2) is 43.3 Å². The molecular formula is C22H21ClN2O2S2. The van der Waals surface area contributed by atoms with Crippen LogP contribution in [0, 0.1) is 0 Å². The van der Waals surface area contributed by atoms with Gasteiger partial charge >= 0.3 is 0 Å². The van der Waals surface area contributed by atoms with Gasteiger partial charge in [0, 0.05) is 42.1 Å². The lowest BCUT2D eigenvalue weighted by Crippen LogP contribution is -2.61. The molecule has 0 N–H and O–H groups in total. The molecule has 0 unspecified atom stereocenters. The van der Waals surface area contributed by atoms with Crippen molar-refractivity contribution >= 4 is 33.0 Å². The Labute approximate surface area is 180 Å². The van der Waals surface area contributed by atoms with Crippen molar-refractivity contribution in [3.05, 3.63) is 75.4 Å². The quantitative estimate of drug-likeness (QED) is 0.594. The van der Waals surface area contributed by atoms with Crippen LogP contribution in [0.1, 0.15) is 10.4 Å². The molecule has 1 fully saturated rings. The monoisotopic (exact) mass is 444 g/mol. The zero-order valence-corrected chi connectivity index (χ0v) is 18.2. The Kier molecular flexibility index (Phi) is 5.00. The van der Waals surface area contributed by atoms with Crippen molar-refractivity contribution in [2.75, 3.05) is 19.6 Å². The van der Waals surface area contributed by atoms with Gasteiger partial charge in [0.1, 0.15) is 0 Å². The summed E-state index contributed by atoms with van der Waals surface area (Å²) in [5.74, 6) is 0. The molecule has 0 bridgehead atoms. The second-order valence-electron chi connectivity index (χ2n) is 7.60. The molecule has 29 heavy (non-hydrogen) atoms. The number of nitrogens with zero attached hydrogens (tertiary/aromatic N) is 2. The van der Waals surface area contributed by atoms with Gasteiger partial charge in [0.05, 0.1) is 4.90 Å². The van der Waals surface area contributed by atoms with E-state index in [1.54, 1.807) is 22.5 Å². The highest BCUT2D eigenvalue weighted by Crippen LogP contribution is 2.31. The Morgan fingerprint density at radius 3 is 2.59 bits per heavy atom. The molecule has 0 aliphatic carbocycles. The molecule has 0 radical (unpaired) electrons. The van der Waals surface area contributed by atoms with E-state index in [-0.39, 0.29) is 0 Å². The van der Waals surface area contributed by atoms with E-state index in [9.17, 15) is 8.42 Å². The highest BCUT2D eigenvalue weighted by molar-refractivity contribution is 7.89. The summed E-state index contributed by atoms with van der Waals surface area (Å²) in [6.45, 7) is 3.07. The summed E-state index contributed by atoms with van der Waals surface area (Å²) < 4.78 is 27.8. The fourth-order valence-corrected chi connectivity index (χ4v) is 6.63. The number of halogens is 1. The summed E-state index contributed by atoms with van der Waals surface area (Å²) in [6.07, 6.45) is 1.07. The molecule has 2 aliphatic rings. The van der Waals surface area contributed by atoms with Crippen LogP contribution in [0.4, 0.5) is 0 Å². The van der Waals surface area contributed by atoms with Gasteiger partial charge in [-0.1, -0.05) is 35.9 Å². The van der Waals surface area contributed by atoms with E-state index in [0.29, 0.717) is 29.0 Å². The number of hydrogen-bond donors (Lipinski definition) is 0. The van der Waals surface area contributed by atoms with E-state index < -0.39 is 10.0 Å². The van der Waals surface area contributed by atoms with Gasteiger partial charge in [-0.2, -0.15) is 4.31 Å². The van der Waals surface area contributed by atoms with Crippen LogP contribution in [-0.2, 0) is 23.0 Å². The predicted octanol–water partition coefficient (Wildman–Crippen LogP) is 4.50. The molecule has 4 nitrogen and oxygen atoms in total. The van der Waals surface area contributed by atoms with Gasteiger partial charge < -0.3 is 0 Å². The number of sulfonamides is 1. The molecule has 0 atom stereocenters. The molecule has 7 heteroatoms. The standard InChI is InChI=1S/C22H21ClN2O2S2/c23-19-6-4-16(5-7-19)17-2-1-3-21(12-17)29(26,27)25-14-20(15-25)24-10-8-22-18(13-24)9-11-28-22/h1-7,9,11-12,20H,8,10,13-15H2. The number of fused-ring (bicyclic) bond motifs is 1. The summed E-state index contributed by atoms with van der Waals surface area (Å²) in [5, 5.41) is 2.82. The number of thiophene rings is 1. The molecule has 150 valence electrons. The number of hydrogen-bond acceptors (Lipinski definition) is 4. The van der Waals surface area contributed by atoms with Crippen molar-refractivity contribution in [3.63, 3.8) is 0 Å². The lowest BCUT2D eigenvalue weighted by atomic mass is 10.0. The van der Waals surface area contributed by atoms with Crippen LogP contribution in [0.15, 0.2) is 64.9 Å². The highest BCUT2D eigenvalue weighted by Gasteiger charge is 2.40. The van der Waals surface area contributed by atoms with Crippen LogP contribution in [0.5, 0.6) is 0 Å². The molecule has 0 spiro atoms. The smallest absolute Gasteiger partial charge is 0.243 e. The molecule has 2 aromatic carbocycles. The van der Waals surface area contributed by atoms with E-state index in [0.717, 1.165) is 30.6 Å². The lowest BCUT2D eigenvalue weighted by Gasteiger charge is -2.45. The van der Waals surface area contributed by atoms with Gasteiger partial charge in [-0.3, -0.25) is 4.90 Å². The maximum atomic E-state index is 13.1. The molecule has 1 aromatic heterocycles. The summed E-state index contributed by atoms with van der Waals surface area (Å²) in [7, 11) is -3.48. The highest BCUT2D eigenvalue weighted by atomic mass is 35.5. The molecule has 3 heterocycles. The number of benzene rings is 2. The van der Waals surface area contributed by atoms with Crippen LogP contribution >= 0.6 is 22.9 Å². The fraction of sp³-hybridized carbons (Fsp3) is 0.273. The van der Waals surface area contributed by atoms with E-state index >= 15 is 0 Å². The first-order chi connectivity index (χ1) is 14.0. The van der Waals surface area contributed by atoms with Crippen LogP contribution in [0.2, 0.25) is 5.02 Å². The van der Waals surface area contributed by atoms with E-state index in [1.807, 2.05) is 41.7 Å². The van der Waals surface area contributed by atoms with E-state index in [1.165, 1.54) is 10.4 Å². The van der Waals surface area contributed by atoms with Gasteiger partial charge in [-0.05, 0) is 58.8 Å². The third-order valence-electron chi connectivity index (χ3n) is 5.83. The Morgan fingerprint density at radius 2 is 1.79 bits per heavy atom. The second-order valence-corrected chi connectivity index (χ2v) is 11.0. The first kappa shape index (κ1) is 19.3. The third-order valence-corrected chi connectivity index (χ3v) is 8.93. The van der Waals surface area contributed by atoms with Crippen LogP contribution < -0.4 is 0 Å². The topological polar surface area (TPSA) is 40.6 Å². The van der Waals surface area contributed by atoms with E-state index in [2.05, 4.69) is 16.3 Å². The first-order valence-corrected chi connectivity index (χ1v) is 12.4. The van der Waals surface area contributed by atoms with Crippen molar-refractivity contribution < 1.29 is 8.42 Å². The number of rotatable bonds is 4. The Balaban J connectivity index is 1.30. The third kappa shape index (κ3) is 3.64. The van der Waals surface area contributed by atoms with Crippen molar-refractivity contribution in [2.45, 2.75) is 23.9 Å². The average Bonchev–Trinajstić information content (AvgIpc) is 3.15.